The smallest absolute Gasteiger partial charge is 0.303 e. The molecular formula is C35H36ClFN2O8. The number of carbonyl (C=O) groups is 5. The number of phenolic OH excluding ortho intramolecular Hbond substituents is 1. The van der Waals surface area contributed by atoms with E-state index >= 15 is 0 Å². The molecule has 0 aromatic heterocycles. The van der Waals surface area contributed by atoms with E-state index in [-0.39, 0.29) is 66.4 Å². The van der Waals surface area contributed by atoms with Crippen LogP contribution >= 0.6 is 11.6 Å². The van der Waals surface area contributed by atoms with Crippen LogP contribution in [-0.4, -0.2) is 57.9 Å². The van der Waals surface area contributed by atoms with Gasteiger partial charge < -0.3 is 14.9 Å². The number of hydrogen-bond donors (Lipinski definition) is 2. The molecule has 2 N–H and O–H groups in total. The highest BCUT2D eigenvalue weighted by Crippen LogP contribution is 2.64. The van der Waals surface area contributed by atoms with Gasteiger partial charge in [-0.3, -0.25) is 28.9 Å². The van der Waals surface area contributed by atoms with Crippen molar-refractivity contribution >= 4 is 46.9 Å². The third kappa shape index (κ3) is 5.19. The zero-order valence-electron chi connectivity index (χ0n) is 26.1. The number of halogens is 2. The van der Waals surface area contributed by atoms with Gasteiger partial charge in [0.2, 0.25) is 23.6 Å². The zero-order chi connectivity index (χ0) is 33.8. The number of hydrogen-bond acceptors (Lipinski definition) is 7. The maximum absolute atomic E-state index is 14.5. The number of amides is 4. The van der Waals surface area contributed by atoms with Crippen LogP contribution in [0.2, 0.25) is 5.02 Å². The number of carboxylic acids is 1. The number of nitrogens with zero attached hydrogens (tertiary/aromatic N) is 2. The topological polar surface area (TPSA) is 142 Å². The number of likely N-dealkylation sites (tertiary alicyclic amines) is 1. The first-order valence-electron chi connectivity index (χ1n) is 16.0. The molecule has 2 aliphatic heterocycles. The van der Waals surface area contributed by atoms with Crippen LogP contribution in [0.4, 0.5) is 10.1 Å². The number of benzene rings is 2. The van der Waals surface area contributed by atoms with E-state index in [4.69, 9.17) is 21.4 Å². The lowest BCUT2D eigenvalue weighted by Crippen LogP contribution is -2.48. The minimum atomic E-state index is -1.41. The summed E-state index contributed by atoms with van der Waals surface area (Å²) in [6.45, 7) is 3.91. The summed E-state index contributed by atoms with van der Waals surface area (Å²) < 4.78 is 19.8. The number of unbranched alkanes of at least 4 members (excludes halogenated alkanes) is 2. The molecule has 2 aromatic rings. The lowest BCUT2D eigenvalue weighted by Gasteiger charge is -2.49. The maximum Gasteiger partial charge on any atom is 0.303 e. The van der Waals surface area contributed by atoms with E-state index in [2.05, 4.69) is 0 Å². The second kappa shape index (κ2) is 12.4. The fraction of sp³-hybridized carbons (Fsp3) is 0.457. The predicted octanol–water partition coefficient (Wildman–Crippen LogP) is 5.46. The van der Waals surface area contributed by atoms with Crippen molar-refractivity contribution in [1.82, 2.24) is 4.90 Å². The van der Waals surface area contributed by atoms with E-state index in [0.29, 0.717) is 30.4 Å². The highest BCUT2D eigenvalue weighted by molar-refractivity contribution is 6.31. The minimum Gasteiger partial charge on any atom is -0.504 e. The first-order valence-corrected chi connectivity index (χ1v) is 16.3. The van der Waals surface area contributed by atoms with Crippen LogP contribution in [0, 0.1) is 34.9 Å². The first kappa shape index (κ1) is 32.7. The van der Waals surface area contributed by atoms with E-state index in [1.807, 2.05) is 6.08 Å². The number of carboxylic acid groups (broad SMARTS) is 1. The summed E-state index contributed by atoms with van der Waals surface area (Å²) in [4.78, 5) is 69.5. The molecule has 0 bridgehead atoms. The van der Waals surface area contributed by atoms with Gasteiger partial charge in [0.1, 0.15) is 5.82 Å². The van der Waals surface area contributed by atoms with Gasteiger partial charge in [-0.25, -0.2) is 9.29 Å². The number of rotatable bonds is 10. The summed E-state index contributed by atoms with van der Waals surface area (Å²) in [6.07, 6.45) is 3.72. The summed E-state index contributed by atoms with van der Waals surface area (Å²) >= 11 is 6.06. The maximum atomic E-state index is 14.5. The van der Waals surface area contributed by atoms with Crippen molar-refractivity contribution in [1.29, 1.82) is 0 Å². The highest BCUT2D eigenvalue weighted by Gasteiger charge is 2.68. The Morgan fingerprint density at radius 2 is 1.83 bits per heavy atom. The lowest BCUT2D eigenvalue weighted by molar-refractivity contribution is -0.141. The molecule has 2 heterocycles. The molecule has 0 spiro atoms. The molecule has 47 heavy (non-hydrogen) atoms. The summed E-state index contributed by atoms with van der Waals surface area (Å²) in [5.74, 6) is -7.04. The van der Waals surface area contributed by atoms with Gasteiger partial charge in [0.15, 0.2) is 11.5 Å². The first-order chi connectivity index (χ1) is 22.4. The number of para-hydroxylation sites is 1. The van der Waals surface area contributed by atoms with E-state index in [0.717, 1.165) is 11.0 Å². The van der Waals surface area contributed by atoms with Crippen LogP contribution in [0.15, 0.2) is 48.0 Å². The number of fused-ring (bicyclic) bond motifs is 4. The van der Waals surface area contributed by atoms with Crippen molar-refractivity contribution in [2.75, 3.05) is 18.1 Å². The van der Waals surface area contributed by atoms with Crippen LogP contribution in [0.1, 0.15) is 63.9 Å². The molecule has 3 fully saturated rings. The van der Waals surface area contributed by atoms with Crippen LogP contribution in [-0.2, 0) is 24.0 Å². The standard InChI is InChI=1S/C35H36ClFN2O8/c1-3-47-26-9-7-8-21(30(26)42)29-19-12-13-20-28(33(45)38(31(20)43)15-6-4-5-10-27(40)41)22(19)17-23-32(44)39(34(46)35(23,29)2)18-11-14-25(37)24(36)16-18/h7-9,11-12,14,16,20,22-23,28-29,42H,3-6,10,13,15,17H2,1-2H3,(H,40,41)/t20-,22+,23-,28-,29+,35+/m0/s1. The summed E-state index contributed by atoms with van der Waals surface area (Å²) in [5.41, 5.74) is -0.224. The monoisotopic (exact) mass is 666 g/mol. The average molecular weight is 667 g/mol. The molecular weight excluding hydrogens is 631 g/mol. The highest BCUT2D eigenvalue weighted by atomic mass is 35.5. The summed E-state index contributed by atoms with van der Waals surface area (Å²) in [7, 11) is 0. The summed E-state index contributed by atoms with van der Waals surface area (Å²) in [6, 6.07) is 8.61. The second-order valence-electron chi connectivity index (χ2n) is 12.9. The van der Waals surface area contributed by atoms with Gasteiger partial charge in [-0.05, 0) is 69.7 Å². The van der Waals surface area contributed by atoms with Gasteiger partial charge in [0.05, 0.1) is 40.5 Å². The fourth-order valence-electron chi connectivity index (χ4n) is 8.28. The number of anilines is 1. The summed E-state index contributed by atoms with van der Waals surface area (Å²) in [5, 5.41) is 20.2. The molecule has 4 amide bonds. The van der Waals surface area contributed by atoms with Crippen molar-refractivity contribution in [3.63, 3.8) is 0 Å². The zero-order valence-corrected chi connectivity index (χ0v) is 26.8. The molecule has 12 heteroatoms. The average Bonchev–Trinajstić information content (AvgIpc) is 3.39. The Hall–Kier alpha value is -4.25. The van der Waals surface area contributed by atoms with Crippen LogP contribution < -0.4 is 9.64 Å². The number of carbonyl (C=O) groups excluding carboxylic acids is 4. The molecule has 10 nitrogen and oxygen atoms in total. The number of aromatic hydroxyl groups is 1. The lowest BCUT2D eigenvalue weighted by atomic mass is 9.51. The second-order valence-corrected chi connectivity index (χ2v) is 13.3. The van der Waals surface area contributed by atoms with Crippen LogP contribution in [0.25, 0.3) is 0 Å². The molecule has 6 rings (SSSR count). The fourth-order valence-corrected chi connectivity index (χ4v) is 8.46. The Labute approximate surface area is 276 Å². The third-order valence-electron chi connectivity index (χ3n) is 10.4. The predicted molar refractivity (Wildman–Crippen MR) is 168 cm³/mol. The Bertz CT molecular complexity index is 1710. The molecule has 2 aliphatic carbocycles. The Kier molecular flexibility index (Phi) is 8.63. The molecule has 248 valence electrons. The Morgan fingerprint density at radius 3 is 2.53 bits per heavy atom. The number of ether oxygens (including phenoxy) is 1. The van der Waals surface area contributed by atoms with E-state index in [1.54, 1.807) is 32.0 Å². The van der Waals surface area contributed by atoms with Crippen molar-refractivity contribution < 1.29 is 43.3 Å². The third-order valence-corrected chi connectivity index (χ3v) is 10.7. The SMILES string of the molecule is CCOc1cccc([C@H]2C3=CC[C@@H]4C(=O)N(CCCCCC(=O)O)C(=O)[C@@H]4[C@@H]3C[C@H]3C(=O)N(c4ccc(F)c(Cl)c4)C(=O)[C@@]23C)c1O. The van der Waals surface area contributed by atoms with Gasteiger partial charge in [-0.2, -0.15) is 0 Å². The quantitative estimate of drug-likeness (QED) is 0.194. The van der Waals surface area contributed by atoms with E-state index in [1.165, 1.54) is 17.0 Å². The van der Waals surface area contributed by atoms with Gasteiger partial charge in [-0.1, -0.05) is 41.8 Å². The van der Waals surface area contributed by atoms with E-state index < -0.39 is 58.6 Å². The largest absolute Gasteiger partial charge is 0.504 e. The normalized spacial score (nSPS) is 28.3. The number of phenols is 1. The van der Waals surface area contributed by atoms with Gasteiger partial charge in [0, 0.05) is 24.4 Å². The number of allylic oxidation sites excluding steroid dienone is 2. The van der Waals surface area contributed by atoms with Crippen molar-refractivity contribution in [3.8, 4) is 11.5 Å². The van der Waals surface area contributed by atoms with Crippen molar-refractivity contribution in [2.24, 2.45) is 29.1 Å². The van der Waals surface area contributed by atoms with Crippen LogP contribution in [0.3, 0.4) is 0 Å². The molecule has 0 radical (unpaired) electrons. The minimum absolute atomic E-state index is 0.00920. The van der Waals surface area contributed by atoms with Crippen molar-refractivity contribution in [2.45, 2.75) is 58.3 Å². The Balaban J connectivity index is 1.42. The molecule has 2 aromatic carbocycles. The molecule has 1 saturated carbocycles. The molecule has 0 unspecified atom stereocenters. The van der Waals surface area contributed by atoms with E-state index in [9.17, 15) is 33.5 Å². The van der Waals surface area contributed by atoms with Crippen molar-refractivity contribution in [3.05, 3.63) is 64.5 Å². The Morgan fingerprint density at radius 1 is 1.06 bits per heavy atom. The van der Waals surface area contributed by atoms with Crippen LogP contribution in [0.5, 0.6) is 11.5 Å². The number of aliphatic carboxylic acids is 1. The number of imide groups is 2. The van der Waals surface area contributed by atoms with Gasteiger partial charge >= 0.3 is 5.97 Å². The van der Waals surface area contributed by atoms with Gasteiger partial charge in [0.25, 0.3) is 0 Å². The van der Waals surface area contributed by atoms with Gasteiger partial charge in [-0.15, -0.1) is 0 Å². The molecule has 2 saturated heterocycles. The molecule has 6 atom stereocenters. The molecule has 4 aliphatic rings.